The average molecular weight is 347 g/mol. The Bertz CT molecular complexity index is 1020. The molecule has 0 bridgehead atoms. The van der Waals surface area contributed by atoms with Crippen LogP contribution >= 0.6 is 0 Å². The van der Waals surface area contributed by atoms with E-state index in [0.717, 1.165) is 29.9 Å². The number of nitrogens with zero attached hydrogens (tertiary/aromatic N) is 4. The molecule has 1 aromatic carbocycles. The van der Waals surface area contributed by atoms with Crippen molar-refractivity contribution in [3.63, 3.8) is 0 Å². The first-order valence-electron chi connectivity index (χ1n) is 8.40. The number of hydrogen-bond donors (Lipinski definition) is 1. The maximum Gasteiger partial charge on any atom is 0.273 e. The van der Waals surface area contributed by atoms with E-state index >= 15 is 0 Å². The molecule has 4 rings (SSSR count). The summed E-state index contributed by atoms with van der Waals surface area (Å²) in [5.41, 5.74) is 1.98. The lowest BCUT2D eigenvalue weighted by Gasteiger charge is -2.02. The van der Waals surface area contributed by atoms with Crippen LogP contribution < -0.4 is 5.32 Å². The number of aromatic nitrogens is 4. The van der Waals surface area contributed by atoms with Gasteiger partial charge in [-0.1, -0.05) is 41.6 Å². The van der Waals surface area contributed by atoms with Crippen LogP contribution in [-0.4, -0.2) is 32.2 Å². The lowest BCUT2D eigenvalue weighted by atomic mass is 10.1. The fourth-order valence-electron chi connectivity index (χ4n) is 2.72. The zero-order valence-electron chi connectivity index (χ0n) is 14.0. The molecule has 7 nitrogen and oxygen atoms in total. The van der Waals surface area contributed by atoms with E-state index in [2.05, 4.69) is 20.7 Å². The Morgan fingerprint density at radius 2 is 1.92 bits per heavy atom. The Kier molecular flexibility index (Phi) is 4.42. The Hall–Kier alpha value is -3.48. The van der Waals surface area contributed by atoms with Crippen molar-refractivity contribution in [1.29, 1.82) is 0 Å². The van der Waals surface area contributed by atoms with E-state index in [1.54, 1.807) is 6.07 Å². The van der Waals surface area contributed by atoms with Crippen molar-refractivity contribution in [3.05, 3.63) is 72.3 Å². The van der Waals surface area contributed by atoms with Gasteiger partial charge in [0.15, 0.2) is 17.1 Å². The van der Waals surface area contributed by atoms with Crippen LogP contribution in [0.2, 0.25) is 0 Å². The highest BCUT2D eigenvalue weighted by Crippen LogP contribution is 2.19. The van der Waals surface area contributed by atoms with Crippen molar-refractivity contribution in [2.24, 2.45) is 0 Å². The molecule has 7 heteroatoms. The number of aryl methyl sites for hydroxylation is 1. The van der Waals surface area contributed by atoms with Gasteiger partial charge in [-0.2, -0.15) is 0 Å². The molecule has 0 atom stereocenters. The van der Waals surface area contributed by atoms with Crippen LogP contribution in [0.15, 0.2) is 65.3 Å². The summed E-state index contributed by atoms with van der Waals surface area (Å²) in [4.78, 5) is 12.2. The molecule has 1 amide bonds. The van der Waals surface area contributed by atoms with Gasteiger partial charge in [0.05, 0.1) is 0 Å². The summed E-state index contributed by atoms with van der Waals surface area (Å²) in [5.74, 6) is 1.20. The third-order valence-electron chi connectivity index (χ3n) is 4.05. The normalized spacial score (nSPS) is 10.9. The summed E-state index contributed by atoms with van der Waals surface area (Å²) in [6.07, 6.45) is 3.41. The lowest BCUT2D eigenvalue weighted by Crippen LogP contribution is -2.25. The second-order valence-electron chi connectivity index (χ2n) is 5.85. The molecule has 0 aliphatic heterocycles. The molecule has 4 aromatic rings. The van der Waals surface area contributed by atoms with E-state index in [1.165, 1.54) is 0 Å². The monoisotopic (exact) mass is 347 g/mol. The third kappa shape index (κ3) is 3.32. The number of amides is 1. The van der Waals surface area contributed by atoms with Crippen molar-refractivity contribution in [1.82, 2.24) is 25.1 Å². The Balaban J connectivity index is 1.31. The Morgan fingerprint density at radius 1 is 1.08 bits per heavy atom. The van der Waals surface area contributed by atoms with Crippen LogP contribution in [0.3, 0.4) is 0 Å². The number of rotatable bonds is 6. The number of fused-ring (bicyclic) bond motifs is 1. The van der Waals surface area contributed by atoms with Gasteiger partial charge in [-0.05, 0) is 18.6 Å². The van der Waals surface area contributed by atoms with Crippen molar-refractivity contribution in [2.75, 3.05) is 6.54 Å². The highest BCUT2D eigenvalue weighted by atomic mass is 16.5. The SMILES string of the molecule is O=C(NCCCc1nnc2ccccn12)c1cc(-c2ccccc2)on1. The molecule has 0 radical (unpaired) electrons. The van der Waals surface area contributed by atoms with Crippen LogP contribution in [0, 0.1) is 0 Å². The summed E-state index contributed by atoms with van der Waals surface area (Å²) in [7, 11) is 0. The summed E-state index contributed by atoms with van der Waals surface area (Å²) >= 11 is 0. The Morgan fingerprint density at radius 3 is 2.81 bits per heavy atom. The van der Waals surface area contributed by atoms with E-state index < -0.39 is 0 Å². The molecule has 130 valence electrons. The van der Waals surface area contributed by atoms with Gasteiger partial charge in [0.1, 0.15) is 5.82 Å². The lowest BCUT2D eigenvalue weighted by molar-refractivity contribution is 0.0944. The predicted molar refractivity (Wildman–Crippen MR) is 95.6 cm³/mol. The van der Waals surface area contributed by atoms with Gasteiger partial charge in [-0.3, -0.25) is 9.20 Å². The van der Waals surface area contributed by atoms with Gasteiger partial charge in [-0.15, -0.1) is 10.2 Å². The zero-order valence-corrected chi connectivity index (χ0v) is 14.0. The van der Waals surface area contributed by atoms with Crippen LogP contribution in [0.25, 0.3) is 17.0 Å². The molecule has 3 aromatic heterocycles. The van der Waals surface area contributed by atoms with Gasteiger partial charge >= 0.3 is 0 Å². The molecule has 26 heavy (non-hydrogen) atoms. The van der Waals surface area contributed by atoms with Gasteiger partial charge in [0.2, 0.25) is 0 Å². The summed E-state index contributed by atoms with van der Waals surface area (Å²) in [6, 6.07) is 17.0. The topological polar surface area (TPSA) is 85.3 Å². The predicted octanol–water partition coefficient (Wildman–Crippen LogP) is 2.75. The summed E-state index contributed by atoms with van der Waals surface area (Å²) in [6.45, 7) is 0.522. The quantitative estimate of drug-likeness (QED) is 0.542. The number of hydrogen-bond acceptors (Lipinski definition) is 5. The third-order valence-corrected chi connectivity index (χ3v) is 4.05. The van der Waals surface area contributed by atoms with E-state index in [4.69, 9.17) is 4.52 Å². The standard InChI is InChI=1S/C19H17N5O2/c25-19(15-13-16(26-23-15)14-7-2-1-3-8-14)20-11-6-10-18-22-21-17-9-4-5-12-24(17)18/h1-5,7-9,12-13H,6,10-11H2,(H,20,25). The smallest absolute Gasteiger partial charge is 0.273 e. The number of carbonyl (C=O) groups excluding carboxylic acids is 1. The second-order valence-corrected chi connectivity index (χ2v) is 5.85. The second kappa shape index (κ2) is 7.18. The molecule has 0 spiro atoms. The minimum Gasteiger partial charge on any atom is -0.355 e. The van der Waals surface area contributed by atoms with Crippen LogP contribution in [0.1, 0.15) is 22.7 Å². The van der Waals surface area contributed by atoms with Gasteiger partial charge in [-0.25, -0.2) is 0 Å². The summed E-state index contributed by atoms with van der Waals surface area (Å²) < 4.78 is 7.20. The molecule has 1 N–H and O–H groups in total. The molecule has 0 unspecified atom stereocenters. The molecule has 0 aliphatic carbocycles. The first kappa shape index (κ1) is 16.0. The largest absolute Gasteiger partial charge is 0.355 e. The maximum atomic E-state index is 12.2. The molecule has 0 fully saturated rings. The molecule has 0 saturated heterocycles. The van der Waals surface area contributed by atoms with Crippen molar-refractivity contribution in [2.45, 2.75) is 12.8 Å². The van der Waals surface area contributed by atoms with Gasteiger partial charge in [0.25, 0.3) is 5.91 Å². The van der Waals surface area contributed by atoms with Crippen molar-refractivity contribution >= 4 is 11.6 Å². The zero-order chi connectivity index (χ0) is 17.8. The minimum atomic E-state index is -0.248. The van der Waals surface area contributed by atoms with Crippen LogP contribution in [-0.2, 0) is 6.42 Å². The molecule has 0 saturated carbocycles. The number of nitrogens with one attached hydrogen (secondary N) is 1. The number of pyridine rings is 1. The minimum absolute atomic E-state index is 0.248. The molecule has 0 aliphatic rings. The fourth-order valence-corrected chi connectivity index (χ4v) is 2.72. The average Bonchev–Trinajstić information content (AvgIpc) is 3.33. The molecule has 3 heterocycles. The van der Waals surface area contributed by atoms with Crippen LogP contribution in [0.5, 0.6) is 0 Å². The van der Waals surface area contributed by atoms with E-state index in [-0.39, 0.29) is 11.6 Å². The highest BCUT2D eigenvalue weighted by molar-refractivity contribution is 5.93. The number of carbonyl (C=O) groups is 1. The van der Waals surface area contributed by atoms with Crippen molar-refractivity contribution < 1.29 is 9.32 Å². The van der Waals surface area contributed by atoms with Gasteiger partial charge in [0, 0.05) is 30.8 Å². The fraction of sp³-hybridized carbons (Fsp3) is 0.158. The maximum absolute atomic E-state index is 12.2. The molecular formula is C19H17N5O2. The van der Waals surface area contributed by atoms with Gasteiger partial charge < -0.3 is 9.84 Å². The highest BCUT2D eigenvalue weighted by Gasteiger charge is 2.13. The first-order chi connectivity index (χ1) is 12.8. The Labute approximate surface area is 149 Å². The first-order valence-corrected chi connectivity index (χ1v) is 8.40. The van der Waals surface area contributed by atoms with E-state index in [0.29, 0.717) is 12.3 Å². The van der Waals surface area contributed by atoms with Crippen molar-refractivity contribution in [3.8, 4) is 11.3 Å². The molecular weight excluding hydrogens is 330 g/mol. The van der Waals surface area contributed by atoms with E-state index in [9.17, 15) is 4.79 Å². The summed E-state index contributed by atoms with van der Waals surface area (Å²) in [5, 5.41) is 15.0. The number of benzene rings is 1. The van der Waals surface area contributed by atoms with E-state index in [1.807, 2.05) is 59.1 Å². The van der Waals surface area contributed by atoms with Crippen LogP contribution in [0.4, 0.5) is 0 Å².